The fourth-order valence-corrected chi connectivity index (χ4v) is 2.00. The number of hydrogen-bond acceptors (Lipinski definition) is 3. The van der Waals surface area contributed by atoms with Crippen LogP contribution in [0.1, 0.15) is 31.4 Å². The van der Waals surface area contributed by atoms with E-state index in [1.54, 1.807) is 12.1 Å². The van der Waals surface area contributed by atoms with E-state index in [-0.39, 0.29) is 6.42 Å². The van der Waals surface area contributed by atoms with Crippen LogP contribution in [0.4, 0.5) is 4.39 Å². The summed E-state index contributed by atoms with van der Waals surface area (Å²) in [6.07, 6.45) is 0.275. The number of aryl methyl sites for hydroxylation is 1. The fourth-order valence-electron chi connectivity index (χ4n) is 2.00. The maximum absolute atomic E-state index is 14.1. The molecule has 1 aliphatic rings. The first kappa shape index (κ1) is 13.6. The number of halogens is 1. The van der Waals surface area contributed by atoms with Gasteiger partial charge in [-0.25, -0.2) is 4.39 Å². The van der Waals surface area contributed by atoms with Gasteiger partial charge in [0.1, 0.15) is 18.9 Å². The SMILES string of the molecule is CC(C)(F)c1cc(CCC(=O)O)c2c(c1)OCCO2. The highest BCUT2D eigenvalue weighted by Gasteiger charge is 2.25. The molecular formula is C14H17FO4. The molecule has 5 heteroatoms. The van der Waals surface area contributed by atoms with Crippen molar-refractivity contribution in [3.8, 4) is 11.5 Å². The van der Waals surface area contributed by atoms with Crippen molar-refractivity contribution < 1.29 is 23.8 Å². The lowest BCUT2D eigenvalue weighted by Crippen LogP contribution is -2.19. The molecule has 2 rings (SSSR count). The van der Waals surface area contributed by atoms with Gasteiger partial charge >= 0.3 is 5.97 Å². The zero-order chi connectivity index (χ0) is 14.0. The molecule has 1 aromatic carbocycles. The molecule has 0 unspecified atom stereocenters. The predicted molar refractivity (Wildman–Crippen MR) is 67.5 cm³/mol. The molecule has 0 aliphatic carbocycles. The summed E-state index contributed by atoms with van der Waals surface area (Å²) in [5.41, 5.74) is -0.356. The number of carboxylic acid groups (broad SMARTS) is 1. The molecule has 1 N–H and O–H groups in total. The summed E-state index contributed by atoms with van der Waals surface area (Å²) < 4.78 is 25.0. The predicted octanol–water partition coefficient (Wildman–Crippen LogP) is 2.68. The van der Waals surface area contributed by atoms with E-state index in [2.05, 4.69) is 0 Å². The van der Waals surface area contributed by atoms with Crippen molar-refractivity contribution in [1.29, 1.82) is 0 Å². The third kappa shape index (κ3) is 3.16. The molecule has 0 fully saturated rings. The van der Waals surface area contributed by atoms with Crippen LogP contribution in [0.5, 0.6) is 11.5 Å². The van der Waals surface area contributed by atoms with Crippen LogP contribution in [0.2, 0.25) is 0 Å². The molecule has 1 heterocycles. The Kier molecular flexibility index (Phi) is 3.64. The third-order valence-corrected chi connectivity index (χ3v) is 3.01. The number of carbonyl (C=O) groups is 1. The summed E-state index contributed by atoms with van der Waals surface area (Å²) in [6.45, 7) is 3.76. The van der Waals surface area contributed by atoms with Crippen LogP contribution in [0.15, 0.2) is 12.1 Å². The topological polar surface area (TPSA) is 55.8 Å². The second-order valence-corrected chi connectivity index (χ2v) is 5.03. The minimum absolute atomic E-state index is 0.0219. The number of benzene rings is 1. The van der Waals surface area contributed by atoms with Gasteiger partial charge in [0.15, 0.2) is 11.5 Å². The largest absolute Gasteiger partial charge is 0.486 e. The van der Waals surface area contributed by atoms with E-state index in [1.807, 2.05) is 0 Å². The smallest absolute Gasteiger partial charge is 0.303 e. The van der Waals surface area contributed by atoms with Crippen molar-refractivity contribution in [1.82, 2.24) is 0 Å². The summed E-state index contributed by atoms with van der Waals surface area (Å²) in [6, 6.07) is 3.29. The Bertz CT molecular complexity index is 491. The zero-order valence-corrected chi connectivity index (χ0v) is 11.0. The third-order valence-electron chi connectivity index (χ3n) is 3.01. The van der Waals surface area contributed by atoms with E-state index < -0.39 is 11.6 Å². The van der Waals surface area contributed by atoms with Crippen molar-refractivity contribution in [2.75, 3.05) is 13.2 Å². The van der Waals surface area contributed by atoms with Crippen LogP contribution in [0, 0.1) is 0 Å². The van der Waals surface area contributed by atoms with Crippen LogP contribution in [0.3, 0.4) is 0 Å². The Hall–Kier alpha value is -1.78. The fraction of sp³-hybridized carbons (Fsp3) is 0.500. The van der Waals surface area contributed by atoms with Gasteiger partial charge < -0.3 is 14.6 Å². The van der Waals surface area contributed by atoms with E-state index in [0.29, 0.717) is 42.3 Å². The molecule has 0 saturated heterocycles. The summed E-state index contributed by atoms with van der Waals surface area (Å²) >= 11 is 0. The first-order valence-electron chi connectivity index (χ1n) is 6.21. The molecular weight excluding hydrogens is 251 g/mol. The highest BCUT2D eigenvalue weighted by atomic mass is 19.1. The van der Waals surface area contributed by atoms with Gasteiger partial charge in [-0.1, -0.05) is 0 Å². The molecule has 0 bridgehead atoms. The average molecular weight is 268 g/mol. The lowest BCUT2D eigenvalue weighted by atomic mass is 9.95. The van der Waals surface area contributed by atoms with Gasteiger partial charge in [0.2, 0.25) is 0 Å². The number of fused-ring (bicyclic) bond motifs is 1. The molecule has 0 aromatic heterocycles. The minimum Gasteiger partial charge on any atom is -0.486 e. The quantitative estimate of drug-likeness (QED) is 0.912. The van der Waals surface area contributed by atoms with Gasteiger partial charge in [-0.3, -0.25) is 4.79 Å². The maximum atomic E-state index is 14.1. The number of ether oxygens (including phenoxy) is 2. The number of carboxylic acids is 1. The van der Waals surface area contributed by atoms with Gasteiger partial charge in [0.25, 0.3) is 0 Å². The van der Waals surface area contributed by atoms with E-state index in [4.69, 9.17) is 14.6 Å². The molecule has 0 amide bonds. The summed E-state index contributed by atoms with van der Waals surface area (Å²) in [7, 11) is 0. The Morgan fingerprint density at radius 2 is 2.05 bits per heavy atom. The van der Waals surface area contributed by atoms with Crippen LogP contribution >= 0.6 is 0 Å². The van der Waals surface area contributed by atoms with Crippen LogP contribution in [-0.4, -0.2) is 24.3 Å². The molecule has 0 saturated carbocycles. The first-order valence-corrected chi connectivity index (χ1v) is 6.21. The number of aliphatic carboxylic acids is 1. The van der Waals surface area contributed by atoms with Crippen molar-refractivity contribution in [3.05, 3.63) is 23.3 Å². The second-order valence-electron chi connectivity index (χ2n) is 5.03. The molecule has 19 heavy (non-hydrogen) atoms. The summed E-state index contributed by atoms with van der Waals surface area (Å²) in [4.78, 5) is 10.7. The standard InChI is InChI=1S/C14H17FO4/c1-14(2,15)10-7-9(3-4-12(16)17)13-11(8-10)18-5-6-19-13/h7-8H,3-6H2,1-2H3,(H,16,17). The normalized spacial score (nSPS) is 14.3. The summed E-state index contributed by atoms with van der Waals surface area (Å²) in [5, 5.41) is 8.76. The van der Waals surface area contributed by atoms with Gasteiger partial charge in [0, 0.05) is 6.42 Å². The highest BCUT2D eigenvalue weighted by molar-refractivity contribution is 5.67. The van der Waals surface area contributed by atoms with Crippen LogP contribution < -0.4 is 9.47 Å². The van der Waals surface area contributed by atoms with Crippen molar-refractivity contribution in [2.24, 2.45) is 0 Å². The van der Waals surface area contributed by atoms with Gasteiger partial charge in [0.05, 0.1) is 0 Å². The maximum Gasteiger partial charge on any atom is 0.303 e. The number of alkyl halides is 1. The van der Waals surface area contributed by atoms with Crippen LogP contribution in [0.25, 0.3) is 0 Å². The van der Waals surface area contributed by atoms with Gasteiger partial charge in [-0.15, -0.1) is 0 Å². The van der Waals surface area contributed by atoms with Crippen molar-refractivity contribution in [2.45, 2.75) is 32.4 Å². The Morgan fingerprint density at radius 1 is 1.37 bits per heavy atom. The molecule has 1 aliphatic heterocycles. The second kappa shape index (κ2) is 5.07. The minimum atomic E-state index is -1.51. The number of hydrogen-bond donors (Lipinski definition) is 1. The lowest BCUT2D eigenvalue weighted by molar-refractivity contribution is -0.136. The van der Waals surface area contributed by atoms with Gasteiger partial charge in [-0.2, -0.15) is 0 Å². The Labute approximate surface area is 111 Å². The van der Waals surface area contributed by atoms with Crippen molar-refractivity contribution >= 4 is 5.97 Å². The molecule has 1 aromatic rings. The first-order chi connectivity index (χ1) is 8.88. The summed E-state index contributed by atoms with van der Waals surface area (Å²) in [5.74, 6) is 0.144. The van der Waals surface area contributed by atoms with Crippen molar-refractivity contribution in [3.63, 3.8) is 0 Å². The van der Waals surface area contributed by atoms with E-state index in [0.717, 1.165) is 0 Å². The Balaban J connectivity index is 2.40. The molecule has 0 atom stereocenters. The van der Waals surface area contributed by atoms with E-state index in [1.165, 1.54) is 13.8 Å². The lowest BCUT2D eigenvalue weighted by Gasteiger charge is -2.24. The monoisotopic (exact) mass is 268 g/mol. The highest BCUT2D eigenvalue weighted by Crippen LogP contribution is 2.39. The molecule has 4 nitrogen and oxygen atoms in total. The Morgan fingerprint density at radius 3 is 2.68 bits per heavy atom. The van der Waals surface area contributed by atoms with Crippen LogP contribution in [-0.2, 0) is 16.9 Å². The zero-order valence-electron chi connectivity index (χ0n) is 11.0. The van der Waals surface area contributed by atoms with E-state index >= 15 is 0 Å². The molecule has 0 radical (unpaired) electrons. The average Bonchev–Trinajstić information content (AvgIpc) is 2.34. The number of rotatable bonds is 4. The molecule has 104 valence electrons. The van der Waals surface area contributed by atoms with Gasteiger partial charge in [-0.05, 0) is 43.5 Å². The van der Waals surface area contributed by atoms with E-state index in [9.17, 15) is 9.18 Å². The molecule has 0 spiro atoms.